The molecule has 0 saturated carbocycles. The van der Waals surface area contributed by atoms with E-state index in [1.54, 1.807) is 6.20 Å². The Morgan fingerprint density at radius 3 is 3.23 bits per heavy atom. The third-order valence-corrected chi connectivity index (χ3v) is 4.88. The van der Waals surface area contributed by atoms with E-state index in [1.165, 1.54) is 5.69 Å². The maximum absolute atomic E-state index is 5.59. The molecule has 2 aliphatic heterocycles. The fourth-order valence-electron chi connectivity index (χ4n) is 3.52. The lowest BCUT2D eigenvalue weighted by atomic mass is 10.2. The summed E-state index contributed by atoms with van der Waals surface area (Å²) in [5.41, 5.74) is 2.10. The summed E-state index contributed by atoms with van der Waals surface area (Å²) in [4.78, 5) is 8.98. The zero-order valence-electron chi connectivity index (χ0n) is 14.5. The average Bonchev–Trinajstić information content (AvgIpc) is 3.46. The first-order chi connectivity index (χ1) is 12.9. The summed E-state index contributed by atoms with van der Waals surface area (Å²) in [5, 5.41) is 12.1. The Bertz CT molecular complexity index is 867. The van der Waals surface area contributed by atoms with Crippen molar-refractivity contribution < 1.29 is 9.26 Å². The normalized spacial score (nSPS) is 19.8. The van der Waals surface area contributed by atoms with Crippen molar-refractivity contribution in [3.05, 3.63) is 35.9 Å². The predicted octanol–water partition coefficient (Wildman–Crippen LogP) is 1.33. The van der Waals surface area contributed by atoms with Crippen LogP contribution in [0.4, 0.5) is 0 Å². The molecule has 1 N–H and O–H groups in total. The first-order valence-electron chi connectivity index (χ1n) is 9.10. The third-order valence-electron chi connectivity index (χ3n) is 4.88. The van der Waals surface area contributed by atoms with Gasteiger partial charge in [0.15, 0.2) is 11.6 Å². The van der Waals surface area contributed by atoms with Gasteiger partial charge in [-0.2, -0.15) is 10.1 Å². The van der Waals surface area contributed by atoms with Gasteiger partial charge in [-0.05, 0) is 18.9 Å². The van der Waals surface area contributed by atoms with Crippen molar-refractivity contribution in [2.45, 2.75) is 45.0 Å². The van der Waals surface area contributed by atoms with Gasteiger partial charge in [0.1, 0.15) is 11.8 Å². The van der Waals surface area contributed by atoms with E-state index in [-0.39, 0.29) is 6.10 Å². The molecule has 2 aliphatic rings. The molecule has 9 heteroatoms. The number of hydrogen-bond acceptors (Lipinski definition) is 7. The molecule has 5 heterocycles. The highest BCUT2D eigenvalue weighted by Gasteiger charge is 2.24. The van der Waals surface area contributed by atoms with E-state index in [0.29, 0.717) is 18.1 Å². The van der Waals surface area contributed by atoms with E-state index in [9.17, 15) is 0 Å². The van der Waals surface area contributed by atoms with Crippen LogP contribution in [0.3, 0.4) is 0 Å². The molecule has 136 valence electrons. The number of nitrogens with one attached hydrogen (secondary N) is 1. The number of aryl methyl sites for hydroxylation is 2. The molecule has 1 unspecified atom stereocenters. The van der Waals surface area contributed by atoms with Crippen LogP contribution in [-0.2, 0) is 30.8 Å². The summed E-state index contributed by atoms with van der Waals surface area (Å²) in [6.07, 6.45) is 6.41. The number of fused-ring (bicyclic) bond motifs is 1. The second-order valence-corrected chi connectivity index (χ2v) is 6.67. The lowest BCUT2D eigenvalue weighted by Crippen LogP contribution is -2.28. The molecule has 5 rings (SSSR count). The summed E-state index contributed by atoms with van der Waals surface area (Å²) < 4.78 is 15.1. The molecule has 0 aliphatic carbocycles. The lowest BCUT2D eigenvalue weighted by molar-refractivity contribution is 0.0835. The molecule has 9 nitrogen and oxygen atoms in total. The largest absolute Gasteiger partial charge is 0.368 e. The monoisotopic (exact) mass is 355 g/mol. The Hall–Kier alpha value is -2.52. The van der Waals surface area contributed by atoms with Crippen LogP contribution in [0.2, 0.25) is 0 Å². The van der Waals surface area contributed by atoms with Crippen molar-refractivity contribution in [2.75, 3.05) is 13.2 Å². The molecule has 1 saturated heterocycles. The SMILES string of the molecule is c1cn(CCc2noc(C3CCCO3)n2)c(-c2cc3n(n2)CCNC3)n1. The first-order valence-corrected chi connectivity index (χ1v) is 9.10. The molecule has 1 atom stereocenters. The summed E-state index contributed by atoms with van der Waals surface area (Å²) in [7, 11) is 0. The minimum atomic E-state index is -0.0365. The highest BCUT2D eigenvalue weighted by atomic mass is 16.5. The van der Waals surface area contributed by atoms with Crippen molar-refractivity contribution in [3.8, 4) is 11.5 Å². The number of rotatable bonds is 5. The number of ether oxygens (including phenoxy) is 1. The molecule has 0 radical (unpaired) electrons. The Morgan fingerprint density at radius 1 is 1.35 bits per heavy atom. The van der Waals surface area contributed by atoms with Gasteiger partial charge in [-0.3, -0.25) is 4.68 Å². The van der Waals surface area contributed by atoms with Gasteiger partial charge in [0.2, 0.25) is 0 Å². The summed E-state index contributed by atoms with van der Waals surface area (Å²) in [6.45, 7) is 4.19. The van der Waals surface area contributed by atoms with Gasteiger partial charge in [-0.25, -0.2) is 4.98 Å². The molecule has 0 spiro atoms. The Kier molecular flexibility index (Phi) is 4.02. The van der Waals surface area contributed by atoms with Gasteiger partial charge in [0.05, 0.1) is 12.2 Å². The van der Waals surface area contributed by atoms with Crippen LogP contribution in [0.1, 0.15) is 36.4 Å². The average molecular weight is 355 g/mol. The predicted molar refractivity (Wildman–Crippen MR) is 91.1 cm³/mol. The van der Waals surface area contributed by atoms with Crippen LogP contribution >= 0.6 is 0 Å². The minimum Gasteiger partial charge on any atom is -0.368 e. The zero-order valence-corrected chi connectivity index (χ0v) is 14.5. The lowest BCUT2D eigenvalue weighted by Gasteiger charge is -2.13. The molecule has 0 aromatic carbocycles. The van der Waals surface area contributed by atoms with Crippen LogP contribution < -0.4 is 5.32 Å². The molecule has 3 aromatic heterocycles. The summed E-state index contributed by atoms with van der Waals surface area (Å²) in [5.74, 6) is 2.16. The maximum Gasteiger partial charge on any atom is 0.255 e. The van der Waals surface area contributed by atoms with Crippen molar-refractivity contribution in [1.29, 1.82) is 0 Å². The molecular weight excluding hydrogens is 334 g/mol. The van der Waals surface area contributed by atoms with E-state index >= 15 is 0 Å². The topological polar surface area (TPSA) is 95.8 Å². The van der Waals surface area contributed by atoms with Crippen molar-refractivity contribution in [2.24, 2.45) is 0 Å². The molecular formula is C17H21N7O2. The quantitative estimate of drug-likeness (QED) is 0.737. The number of aromatic nitrogens is 6. The van der Waals surface area contributed by atoms with Crippen LogP contribution in [0.5, 0.6) is 0 Å². The Balaban J connectivity index is 1.30. The molecule has 3 aromatic rings. The van der Waals surface area contributed by atoms with E-state index in [2.05, 4.69) is 35.8 Å². The summed E-state index contributed by atoms with van der Waals surface area (Å²) in [6, 6.07) is 2.11. The van der Waals surface area contributed by atoms with Crippen LogP contribution in [0, 0.1) is 0 Å². The number of nitrogens with zero attached hydrogens (tertiary/aromatic N) is 6. The van der Waals surface area contributed by atoms with Gasteiger partial charge >= 0.3 is 0 Å². The van der Waals surface area contributed by atoms with E-state index in [0.717, 1.165) is 57.1 Å². The van der Waals surface area contributed by atoms with E-state index in [4.69, 9.17) is 14.4 Å². The number of imidazole rings is 1. The van der Waals surface area contributed by atoms with Gasteiger partial charge in [0, 0.05) is 45.1 Å². The van der Waals surface area contributed by atoms with Gasteiger partial charge in [0.25, 0.3) is 5.89 Å². The van der Waals surface area contributed by atoms with Gasteiger partial charge in [-0.15, -0.1) is 0 Å². The van der Waals surface area contributed by atoms with E-state index in [1.807, 2.05) is 6.20 Å². The van der Waals surface area contributed by atoms with Crippen molar-refractivity contribution in [1.82, 2.24) is 34.8 Å². The second kappa shape index (κ2) is 6.65. The third kappa shape index (κ3) is 2.93. The molecule has 0 bridgehead atoms. The smallest absolute Gasteiger partial charge is 0.255 e. The van der Waals surface area contributed by atoms with Crippen LogP contribution in [0.15, 0.2) is 23.0 Å². The summed E-state index contributed by atoms with van der Waals surface area (Å²) >= 11 is 0. The maximum atomic E-state index is 5.59. The van der Waals surface area contributed by atoms with Crippen molar-refractivity contribution in [3.63, 3.8) is 0 Å². The fourth-order valence-corrected chi connectivity index (χ4v) is 3.52. The minimum absolute atomic E-state index is 0.0365. The second-order valence-electron chi connectivity index (χ2n) is 6.67. The van der Waals surface area contributed by atoms with E-state index < -0.39 is 0 Å². The van der Waals surface area contributed by atoms with Crippen LogP contribution in [-0.4, -0.2) is 42.6 Å². The molecule has 1 fully saturated rings. The Labute approximate surface area is 150 Å². The zero-order chi connectivity index (χ0) is 17.3. The van der Waals surface area contributed by atoms with Gasteiger partial charge < -0.3 is 19.1 Å². The number of hydrogen-bond donors (Lipinski definition) is 1. The molecule has 26 heavy (non-hydrogen) atoms. The van der Waals surface area contributed by atoms with Gasteiger partial charge in [-0.1, -0.05) is 5.16 Å². The Morgan fingerprint density at radius 2 is 2.35 bits per heavy atom. The fraction of sp³-hybridized carbons (Fsp3) is 0.529. The first kappa shape index (κ1) is 15.7. The highest BCUT2D eigenvalue weighted by Crippen LogP contribution is 2.27. The highest BCUT2D eigenvalue weighted by molar-refractivity contribution is 5.50. The standard InChI is InChI=1S/C17H21N7O2/c1-2-14(25-9-1)17-20-15(22-26-17)3-6-23-7-5-19-16(23)13-10-12-11-18-4-8-24(12)21-13/h5,7,10,14,18H,1-4,6,8-9,11H2. The van der Waals surface area contributed by atoms with Crippen molar-refractivity contribution >= 4 is 0 Å². The van der Waals surface area contributed by atoms with Crippen LogP contribution in [0.25, 0.3) is 11.5 Å². The molecule has 0 amide bonds.